The average molecular weight is 1370 g/mol. The van der Waals surface area contributed by atoms with Gasteiger partial charge < -0.3 is 9.13 Å². The number of para-hydroxylation sites is 5. The third kappa shape index (κ3) is 7.99. The summed E-state index contributed by atoms with van der Waals surface area (Å²) in [6.45, 7) is 0. The van der Waals surface area contributed by atoms with E-state index in [0.717, 1.165) is 94.3 Å². The Kier molecular flexibility index (Phi) is 12.2. The van der Waals surface area contributed by atoms with E-state index >= 15 is 0 Å². The van der Waals surface area contributed by atoms with Crippen LogP contribution in [-0.2, 0) is 10.8 Å². The molecular weight excluding hydrogens is 1310 g/mol. The smallest absolute Gasteiger partial charge is 0.160 e. The minimum atomic E-state index is -0.635. The molecule has 20 aromatic rings. The normalized spacial score (nSPS) is 14.4. The lowest BCUT2D eigenvalue weighted by atomic mass is 9.65. The molecule has 2 aliphatic heterocycles. The van der Waals surface area contributed by atoms with Crippen molar-refractivity contribution in [2.45, 2.75) is 10.8 Å². The molecule has 4 aromatic heterocycles. The molecule has 0 bridgehead atoms. The molecule has 2 spiro atoms. The van der Waals surface area contributed by atoms with Crippen molar-refractivity contribution in [2.24, 2.45) is 0 Å². The van der Waals surface area contributed by atoms with E-state index in [9.17, 15) is 0 Å². The van der Waals surface area contributed by atoms with Gasteiger partial charge in [-0.05, 0) is 179 Å². The van der Waals surface area contributed by atoms with Crippen LogP contribution in [-0.4, -0.2) is 29.1 Å². The summed E-state index contributed by atoms with van der Waals surface area (Å²) in [4.78, 5) is 21.6. The van der Waals surface area contributed by atoms with E-state index < -0.39 is 10.8 Å². The number of fused-ring (bicyclic) bond motifs is 26. The summed E-state index contributed by atoms with van der Waals surface area (Å²) < 4.78 is 5.07. The van der Waals surface area contributed by atoms with Crippen LogP contribution < -0.4 is 0 Å². The van der Waals surface area contributed by atoms with Crippen LogP contribution in [0.2, 0.25) is 0 Å². The fraction of sp³-hybridized carbons (Fsp3) is 0.0196. The van der Waals surface area contributed by atoms with Gasteiger partial charge in [-0.3, -0.25) is 0 Å². The van der Waals surface area contributed by atoms with E-state index in [1.165, 1.54) is 116 Å². The molecule has 108 heavy (non-hydrogen) atoms. The number of nitrogens with zero attached hydrogens (tertiary/aromatic N) is 6. The SMILES string of the molecule is c1ccc(-c2nc(-c3cccc(-c4cc5c6c(c4)c4cc(-c7ccc8nc(-c9cccc(-c%10ccc%11c(c%10)C%10(c%12ccccc%12-%11)c%11ccccc%11-n%11c%12ccccc%12c%12cccc%10c%12%11)c9)nc(-c9ccccc9)c8c7)ccc4n6-c4ccccc4C54c5ccccc5-c5ccccc54)c3)c3ccccc3n2)cc1. The first kappa shape index (κ1) is 59.2. The van der Waals surface area contributed by atoms with Crippen molar-refractivity contribution >= 4 is 65.4 Å². The van der Waals surface area contributed by atoms with Gasteiger partial charge in [-0.15, -0.1) is 0 Å². The molecule has 0 radical (unpaired) electrons. The second-order valence-electron chi connectivity index (χ2n) is 29.4. The number of benzene rings is 16. The standard InChI is InChI=1S/C102H60N6/c1-3-24-61(25-4-1)95-80-57-65(49-52-90(80)104-100(105-95)69-31-22-28-63(55-69)67-48-51-74-73-34-9-14-40-83(73)102(87(74)59-67)85-42-16-20-47-94(85)107-91-45-18-11-35-75(91)76-37-23-43-86(102)97(76)107)66-50-53-92-78(56-66)79-58-70(64-29-21-30-68(54-64)96-77-36-10-17-44-89(77)103-99(106-96)62-26-5-2-6-27-62)60-88-98(79)108(92)93-46-19-15-41-84(93)101(88)81-38-12-7-32-71(81)72-33-8-13-39-82(72)101/h1-60H. The van der Waals surface area contributed by atoms with Gasteiger partial charge in [-0.1, -0.05) is 285 Å². The fourth-order valence-corrected chi connectivity index (χ4v) is 19.7. The first-order valence-corrected chi connectivity index (χ1v) is 37.2. The average Bonchev–Trinajstić information content (AvgIpc) is 1.50. The largest absolute Gasteiger partial charge is 0.309 e. The summed E-state index contributed by atoms with van der Waals surface area (Å²) in [5.74, 6) is 1.37. The quantitative estimate of drug-likeness (QED) is 0.160. The molecule has 1 unspecified atom stereocenters. The van der Waals surface area contributed by atoms with Crippen LogP contribution in [0, 0.1) is 0 Å². The maximum Gasteiger partial charge on any atom is 0.160 e. The van der Waals surface area contributed by atoms with Gasteiger partial charge in [-0.25, -0.2) is 19.9 Å². The van der Waals surface area contributed by atoms with Crippen molar-refractivity contribution in [3.63, 3.8) is 0 Å². The zero-order valence-corrected chi connectivity index (χ0v) is 58.3. The zero-order valence-electron chi connectivity index (χ0n) is 58.3. The summed E-state index contributed by atoms with van der Waals surface area (Å²) in [6.07, 6.45) is 0. The molecule has 6 heterocycles. The Bertz CT molecular complexity index is 7280. The lowest BCUT2D eigenvalue weighted by Crippen LogP contribution is -2.33. The molecule has 16 aromatic carbocycles. The van der Waals surface area contributed by atoms with Gasteiger partial charge in [0.05, 0.1) is 66.7 Å². The van der Waals surface area contributed by atoms with Crippen molar-refractivity contribution in [3.05, 3.63) is 408 Å². The third-order valence-electron chi connectivity index (χ3n) is 24.1. The molecule has 1 atom stereocenters. The maximum absolute atomic E-state index is 5.63. The molecule has 498 valence electrons. The molecule has 4 aliphatic rings. The van der Waals surface area contributed by atoms with Gasteiger partial charge in [0, 0.05) is 54.6 Å². The first-order chi connectivity index (χ1) is 53.5. The van der Waals surface area contributed by atoms with E-state index in [4.69, 9.17) is 19.9 Å². The van der Waals surface area contributed by atoms with Crippen LogP contribution in [0.15, 0.2) is 364 Å². The lowest BCUT2D eigenvalue weighted by molar-refractivity contribution is 0.749. The second-order valence-corrected chi connectivity index (χ2v) is 29.4. The summed E-state index contributed by atoms with van der Waals surface area (Å²) in [6, 6.07) is 135. The Balaban J connectivity index is 0.669. The van der Waals surface area contributed by atoms with E-state index in [1.54, 1.807) is 0 Å². The predicted molar refractivity (Wildman–Crippen MR) is 441 cm³/mol. The zero-order chi connectivity index (χ0) is 70.5. The second kappa shape index (κ2) is 22.2. The van der Waals surface area contributed by atoms with Crippen molar-refractivity contribution in [1.82, 2.24) is 29.1 Å². The van der Waals surface area contributed by atoms with Gasteiger partial charge in [0.25, 0.3) is 0 Å². The molecule has 0 amide bonds. The van der Waals surface area contributed by atoms with Crippen LogP contribution in [0.3, 0.4) is 0 Å². The van der Waals surface area contributed by atoms with Crippen LogP contribution in [0.5, 0.6) is 0 Å². The fourth-order valence-electron chi connectivity index (χ4n) is 19.7. The number of hydrogen-bond acceptors (Lipinski definition) is 4. The molecule has 0 fully saturated rings. The monoisotopic (exact) mass is 1370 g/mol. The van der Waals surface area contributed by atoms with Crippen molar-refractivity contribution < 1.29 is 0 Å². The van der Waals surface area contributed by atoms with E-state index in [-0.39, 0.29) is 0 Å². The Morgan fingerprint density at radius 1 is 0.194 bits per heavy atom. The molecule has 0 saturated carbocycles. The first-order valence-electron chi connectivity index (χ1n) is 37.2. The summed E-state index contributed by atoms with van der Waals surface area (Å²) >= 11 is 0. The van der Waals surface area contributed by atoms with Crippen LogP contribution in [0.1, 0.15) is 44.5 Å². The summed E-state index contributed by atoms with van der Waals surface area (Å²) in [5.41, 5.74) is 35.6. The van der Waals surface area contributed by atoms with Gasteiger partial charge >= 0.3 is 0 Å². The van der Waals surface area contributed by atoms with Crippen molar-refractivity contribution in [1.29, 1.82) is 0 Å². The van der Waals surface area contributed by atoms with Crippen LogP contribution >= 0.6 is 0 Å². The molecule has 0 N–H and O–H groups in total. The highest BCUT2D eigenvalue weighted by atomic mass is 15.0. The summed E-state index contributed by atoms with van der Waals surface area (Å²) in [7, 11) is 0. The molecule has 0 saturated heterocycles. The van der Waals surface area contributed by atoms with Gasteiger partial charge in [0.2, 0.25) is 0 Å². The van der Waals surface area contributed by atoms with Gasteiger partial charge in [0.15, 0.2) is 11.6 Å². The third-order valence-corrected chi connectivity index (χ3v) is 24.1. The Hall–Kier alpha value is -14.2. The Morgan fingerprint density at radius 3 is 1.31 bits per heavy atom. The van der Waals surface area contributed by atoms with Crippen molar-refractivity contribution in [3.8, 4) is 112 Å². The molecule has 6 heteroatoms. The molecule has 2 aliphatic carbocycles. The minimum absolute atomic E-state index is 0.569. The van der Waals surface area contributed by atoms with E-state index in [0.29, 0.717) is 11.6 Å². The van der Waals surface area contributed by atoms with E-state index in [1.807, 2.05) is 6.07 Å². The highest BCUT2D eigenvalue weighted by Gasteiger charge is 2.53. The van der Waals surface area contributed by atoms with E-state index in [2.05, 4.69) is 367 Å². The van der Waals surface area contributed by atoms with Crippen LogP contribution in [0.4, 0.5) is 0 Å². The summed E-state index contributed by atoms with van der Waals surface area (Å²) in [5, 5.41) is 6.88. The van der Waals surface area contributed by atoms with Crippen LogP contribution in [0.25, 0.3) is 178 Å². The minimum Gasteiger partial charge on any atom is -0.309 e. The molecular formula is C102H60N6. The Morgan fingerprint density at radius 2 is 0.611 bits per heavy atom. The number of aromatic nitrogens is 6. The maximum atomic E-state index is 5.63. The molecule has 6 nitrogen and oxygen atoms in total. The highest BCUT2D eigenvalue weighted by Crippen LogP contribution is 2.64. The topological polar surface area (TPSA) is 61.4 Å². The number of hydrogen-bond donors (Lipinski definition) is 0. The predicted octanol–water partition coefficient (Wildman–Crippen LogP) is 24.8. The highest BCUT2D eigenvalue weighted by molar-refractivity contribution is 6.16. The lowest BCUT2D eigenvalue weighted by Gasteiger charge is -2.39. The Labute approximate surface area is 622 Å². The number of rotatable bonds is 7. The van der Waals surface area contributed by atoms with Gasteiger partial charge in [0.1, 0.15) is 0 Å². The van der Waals surface area contributed by atoms with Crippen molar-refractivity contribution in [2.75, 3.05) is 0 Å². The molecule has 24 rings (SSSR count). The van der Waals surface area contributed by atoms with Gasteiger partial charge in [-0.2, -0.15) is 0 Å².